The fourth-order valence-electron chi connectivity index (χ4n) is 3.17. The first kappa shape index (κ1) is 18.5. The Balaban J connectivity index is 1.91. The van der Waals surface area contributed by atoms with Crippen LogP contribution in [0.5, 0.6) is 5.75 Å². The number of esters is 1. The smallest absolute Gasteiger partial charge is 0.344 e. The number of para-hydroxylation sites is 1. The number of methoxy groups -OCH3 is 1. The molecule has 29 heavy (non-hydrogen) atoms. The predicted molar refractivity (Wildman–Crippen MR) is 106 cm³/mol. The highest BCUT2D eigenvalue weighted by atomic mass is 16.6. The number of hydrogen-bond donors (Lipinski definition) is 0. The van der Waals surface area contributed by atoms with Gasteiger partial charge in [-0.05, 0) is 31.2 Å². The third-order valence-corrected chi connectivity index (χ3v) is 4.62. The van der Waals surface area contributed by atoms with E-state index in [0.29, 0.717) is 27.8 Å². The van der Waals surface area contributed by atoms with Gasteiger partial charge in [-0.3, -0.25) is 0 Å². The summed E-state index contributed by atoms with van der Waals surface area (Å²) in [6, 6.07) is 13.4. The maximum absolute atomic E-state index is 12.6. The molecule has 0 unspecified atom stereocenters. The molecule has 0 aliphatic carbocycles. The summed E-state index contributed by atoms with van der Waals surface area (Å²) in [7, 11) is 1.26. The molecule has 0 aliphatic heterocycles. The zero-order valence-electron chi connectivity index (χ0n) is 15.7. The zero-order valence-corrected chi connectivity index (χ0v) is 15.7. The topological polar surface area (TPSA) is 96.0 Å². The molecular formula is C22H16O7. The van der Waals surface area contributed by atoms with E-state index in [1.165, 1.54) is 13.2 Å². The molecule has 2 aromatic carbocycles. The maximum Gasteiger partial charge on any atom is 0.344 e. The lowest BCUT2D eigenvalue weighted by Crippen LogP contribution is -2.13. The van der Waals surface area contributed by atoms with Crippen molar-refractivity contribution in [1.29, 1.82) is 0 Å². The highest BCUT2D eigenvalue weighted by Crippen LogP contribution is 2.33. The first-order chi connectivity index (χ1) is 14.0. The number of carbonyl (C=O) groups excluding carboxylic acids is 1. The summed E-state index contributed by atoms with van der Waals surface area (Å²) in [6.07, 6.45) is 0. The van der Waals surface area contributed by atoms with Gasteiger partial charge in [-0.25, -0.2) is 14.4 Å². The minimum Gasteiger partial charge on any atom is -0.481 e. The molecular weight excluding hydrogens is 376 g/mol. The third-order valence-electron chi connectivity index (χ3n) is 4.62. The van der Waals surface area contributed by atoms with Crippen LogP contribution in [0.1, 0.15) is 5.56 Å². The van der Waals surface area contributed by atoms with Crippen molar-refractivity contribution >= 4 is 27.9 Å². The molecule has 0 amide bonds. The molecule has 0 saturated heterocycles. The number of hydrogen-bond acceptors (Lipinski definition) is 7. The second kappa shape index (κ2) is 7.27. The first-order valence-electron chi connectivity index (χ1n) is 8.78. The van der Waals surface area contributed by atoms with Gasteiger partial charge in [-0.15, -0.1) is 0 Å². The minimum absolute atomic E-state index is 0.254. The summed E-state index contributed by atoms with van der Waals surface area (Å²) >= 11 is 0. The fourth-order valence-corrected chi connectivity index (χ4v) is 3.17. The molecule has 0 N–H and O–H groups in total. The maximum atomic E-state index is 12.6. The average molecular weight is 392 g/mol. The van der Waals surface area contributed by atoms with Crippen molar-refractivity contribution in [2.24, 2.45) is 0 Å². The van der Waals surface area contributed by atoms with E-state index in [0.717, 1.165) is 5.39 Å². The predicted octanol–water partition coefficient (Wildman–Crippen LogP) is 3.43. The molecule has 2 aromatic heterocycles. The van der Waals surface area contributed by atoms with Gasteiger partial charge in [0, 0.05) is 28.0 Å². The Hall–Kier alpha value is -3.87. The third kappa shape index (κ3) is 3.38. The Kier molecular flexibility index (Phi) is 4.64. The highest BCUT2D eigenvalue weighted by molar-refractivity contribution is 5.97. The van der Waals surface area contributed by atoms with E-state index in [1.807, 2.05) is 12.1 Å². The second-order valence-corrected chi connectivity index (χ2v) is 6.39. The van der Waals surface area contributed by atoms with Gasteiger partial charge in [-0.1, -0.05) is 18.2 Å². The fraction of sp³-hybridized carbons (Fsp3) is 0.136. The van der Waals surface area contributed by atoms with E-state index >= 15 is 0 Å². The van der Waals surface area contributed by atoms with Crippen LogP contribution in [0.3, 0.4) is 0 Å². The van der Waals surface area contributed by atoms with Crippen molar-refractivity contribution in [3.8, 4) is 16.9 Å². The van der Waals surface area contributed by atoms with Gasteiger partial charge in [0.25, 0.3) is 0 Å². The van der Waals surface area contributed by atoms with Crippen LogP contribution in [0, 0.1) is 6.92 Å². The Morgan fingerprint density at radius 1 is 1.00 bits per heavy atom. The number of aryl methyl sites for hydroxylation is 1. The summed E-state index contributed by atoms with van der Waals surface area (Å²) in [5.41, 5.74) is 0.733. The first-order valence-corrected chi connectivity index (χ1v) is 8.78. The molecule has 7 heteroatoms. The number of fused-ring (bicyclic) bond motifs is 2. The van der Waals surface area contributed by atoms with Gasteiger partial charge in [-0.2, -0.15) is 0 Å². The monoisotopic (exact) mass is 392 g/mol. The molecule has 146 valence electrons. The van der Waals surface area contributed by atoms with Crippen LogP contribution in [0.25, 0.3) is 33.1 Å². The Morgan fingerprint density at radius 2 is 1.79 bits per heavy atom. The molecule has 0 atom stereocenters. The van der Waals surface area contributed by atoms with Gasteiger partial charge in [0.2, 0.25) is 0 Å². The van der Waals surface area contributed by atoms with Gasteiger partial charge >= 0.3 is 17.2 Å². The number of rotatable bonds is 4. The van der Waals surface area contributed by atoms with Crippen LogP contribution >= 0.6 is 0 Å². The van der Waals surface area contributed by atoms with Crippen molar-refractivity contribution in [1.82, 2.24) is 0 Å². The van der Waals surface area contributed by atoms with Gasteiger partial charge in [0.1, 0.15) is 16.9 Å². The summed E-state index contributed by atoms with van der Waals surface area (Å²) in [5.74, 6) is -0.165. The number of benzene rings is 2. The van der Waals surface area contributed by atoms with Crippen LogP contribution in [-0.4, -0.2) is 19.7 Å². The summed E-state index contributed by atoms with van der Waals surface area (Å²) in [6.45, 7) is 1.42. The molecule has 4 aromatic rings. The number of carbonyl (C=O) groups is 1. The van der Waals surface area contributed by atoms with Crippen molar-refractivity contribution < 1.29 is 23.1 Å². The summed E-state index contributed by atoms with van der Waals surface area (Å²) in [5, 5.41) is 1.29. The lowest BCUT2D eigenvalue weighted by molar-refractivity contribution is -0.142. The van der Waals surface area contributed by atoms with Gasteiger partial charge in [0.05, 0.1) is 12.7 Å². The van der Waals surface area contributed by atoms with Crippen LogP contribution in [0.15, 0.2) is 67.0 Å². The van der Waals surface area contributed by atoms with Crippen molar-refractivity contribution in [3.63, 3.8) is 0 Å². The van der Waals surface area contributed by atoms with Crippen LogP contribution in [-0.2, 0) is 9.53 Å². The van der Waals surface area contributed by atoms with Gasteiger partial charge < -0.3 is 18.3 Å². The van der Waals surface area contributed by atoms with E-state index in [1.54, 1.807) is 37.3 Å². The van der Waals surface area contributed by atoms with Crippen LogP contribution < -0.4 is 16.0 Å². The minimum atomic E-state index is -0.617. The van der Waals surface area contributed by atoms with Crippen molar-refractivity contribution in [2.75, 3.05) is 13.7 Å². The average Bonchev–Trinajstić information content (AvgIpc) is 2.72. The van der Waals surface area contributed by atoms with Crippen LogP contribution in [0.2, 0.25) is 0 Å². The molecule has 2 heterocycles. The molecule has 7 nitrogen and oxygen atoms in total. The molecule has 0 saturated carbocycles. The highest BCUT2D eigenvalue weighted by Gasteiger charge is 2.17. The molecule has 0 aliphatic rings. The second-order valence-electron chi connectivity index (χ2n) is 6.39. The quantitative estimate of drug-likeness (QED) is 0.388. The normalized spacial score (nSPS) is 11.0. The van der Waals surface area contributed by atoms with Gasteiger partial charge in [0.15, 0.2) is 6.61 Å². The van der Waals surface area contributed by atoms with E-state index in [-0.39, 0.29) is 17.8 Å². The standard InChI is InChI=1S/C22H16O7/c1-12-17(27-11-20(24)26-2)8-7-14-15(10-19(23)29-21(12)14)16-9-13-5-3-4-6-18(13)28-22(16)25/h3-10H,11H2,1-2H3. The SMILES string of the molecule is COC(=O)COc1ccc2c(-c3cc4ccccc4oc3=O)cc(=O)oc2c1C. The van der Waals surface area contributed by atoms with E-state index in [9.17, 15) is 14.4 Å². The lowest BCUT2D eigenvalue weighted by atomic mass is 10.0. The van der Waals surface area contributed by atoms with Crippen molar-refractivity contribution in [2.45, 2.75) is 6.92 Å². The Bertz CT molecular complexity index is 1360. The molecule has 0 bridgehead atoms. The molecule has 4 rings (SSSR count). The molecule has 0 spiro atoms. The van der Waals surface area contributed by atoms with E-state index < -0.39 is 17.2 Å². The largest absolute Gasteiger partial charge is 0.481 e. The lowest BCUT2D eigenvalue weighted by Gasteiger charge is -2.11. The van der Waals surface area contributed by atoms with E-state index in [2.05, 4.69) is 4.74 Å². The van der Waals surface area contributed by atoms with E-state index in [4.69, 9.17) is 13.6 Å². The summed E-state index contributed by atoms with van der Waals surface area (Å²) in [4.78, 5) is 36.1. The molecule has 0 radical (unpaired) electrons. The molecule has 0 fully saturated rings. The van der Waals surface area contributed by atoms with Crippen LogP contribution in [0.4, 0.5) is 0 Å². The Labute approximate surface area is 164 Å². The van der Waals surface area contributed by atoms with Crippen molar-refractivity contribution in [3.05, 3.63) is 74.9 Å². The summed E-state index contributed by atoms with van der Waals surface area (Å²) < 4.78 is 20.8. The number of ether oxygens (including phenoxy) is 2. The zero-order chi connectivity index (χ0) is 20.5. The Morgan fingerprint density at radius 3 is 2.59 bits per heavy atom.